The van der Waals surface area contributed by atoms with Gasteiger partial charge < -0.3 is 10.3 Å². The Morgan fingerprint density at radius 2 is 1.83 bits per heavy atom. The molecule has 1 amide bonds. The first kappa shape index (κ1) is 15.2. The van der Waals surface area contributed by atoms with E-state index in [2.05, 4.69) is 10.3 Å². The summed E-state index contributed by atoms with van der Waals surface area (Å²) in [6.07, 6.45) is 0.189. The van der Waals surface area contributed by atoms with Gasteiger partial charge in [-0.3, -0.25) is 4.79 Å². The number of fused-ring (bicyclic) bond motifs is 2. The van der Waals surface area contributed by atoms with Gasteiger partial charge in [-0.2, -0.15) is 0 Å². The molecule has 1 aliphatic carbocycles. The number of hydrogen-bond acceptors (Lipinski definition) is 1. The topological polar surface area (TPSA) is 64.8 Å². The summed E-state index contributed by atoms with van der Waals surface area (Å²) in [7, 11) is 0. The van der Waals surface area contributed by atoms with Crippen LogP contribution in [0, 0.1) is 0 Å². The zero-order valence-corrected chi connectivity index (χ0v) is 13.6. The monoisotopic (exact) mass is 339 g/mol. The van der Waals surface area contributed by atoms with Crippen molar-refractivity contribution in [1.29, 1.82) is 0 Å². The summed E-state index contributed by atoms with van der Waals surface area (Å²) in [6.45, 7) is 0. The van der Waals surface area contributed by atoms with Crippen LogP contribution in [0.4, 0.5) is 0 Å². The minimum Gasteiger partial charge on any atom is -0.351 e. The Kier molecular flexibility index (Phi) is 3.79. The van der Waals surface area contributed by atoms with Gasteiger partial charge >= 0.3 is 0 Å². The van der Waals surface area contributed by atoms with Crippen LogP contribution >= 0.6 is 11.6 Å². The van der Waals surface area contributed by atoms with Crippen LogP contribution < -0.4 is 5.32 Å². The van der Waals surface area contributed by atoms with Crippen molar-refractivity contribution in [2.45, 2.75) is 25.0 Å². The second-order valence-corrected chi connectivity index (χ2v) is 6.65. The molecule has 1 aliphatic rings. The highest BCUT2D eigenvalue weighted by atomic mass is 35.5. The van der Waals surface area contributed by atoms with E-state index in [1.807, 2.05) is 30.3 Å². The molecule has 1 aromatic heterocycles. The van der Waals surface area contributed by atoms with Crippen LogP contribution in [0.5, 0.6) is 0 Å². The number of benzene rings is 2. The number of hydrogen-bond donors (Lipinski definition) is 2. The maximum atomic E-state index is 12.5. The number of amides is 1. The summed E-state index contributed by atoms with van der Waals surface area (Å²) >= 11 is 5.97. The highest BCUT2D eigenvalue weighted by molar-refractivity contribution is 6.31. The van der Waals surface area contributed by atoms with Gasteiger partial charge in [-0.15, -0.1) is 0 Å². The molecule has 2 aromatic carbocycles. The van der Waals surface area contributed by atoms with Crippen molar-refractivity contribution in [2.75, 3.05) is 0 Å². The summed E-state index contributed by atoms with van der Waals surface area (Å²) in [5, 5.41) is 16.8. The van der Waals surface area contributed by atoms with E-state index in [-0.39, 0.29) is 5.91 Å². The number of aromatic nitrogens is 1. The van der Waals surface area contributed by atoms with Gasteiger partial charge in [0, 0.05) is 22.3 Å². The van der Waals surface area contributed by atoms with E-state index in [9.17, 15) is 9.90 Å². The molecule has 4 rings (SSSR count). The number of carbonyl (C=O) groups excluding carboxylic acids is 1. The molecule has 2 N–H and O–H groups in total. The lowest BCUT2D eigenvalue weighted by Crippen LogP contribution is -2.47. The first-order valence-electron chi connectivity index (χ1n) is 7.92. The van der Waals surface area contributed by atoms with Gasteiger partial charge in [0.05, 0.1) is 6.04 Å². The Morgan fingerprint density at radius 1 is 1.08 bits per heavy atom. The molecule has 1 radical (unpaired) electrons. The fourth-order valence-corrected chi connectivity index (χ4v) is 3.48. The van der Waals surface area contributed by atoms with Crippen molar-refractivity contribution in [2.24, 2.45) is 0 Å². The Hall–Kier alpha value is -2.30. The molecule has 5 heteroatoms. The third-order valence-corrected chi connectivity index (χ3v) is 4.81. The summed E-state index contributed by atoms with van der Waals surface area (Å²) in [4.78, 5) is 15.6. The first-order valence-corrected chi connectivity index (χ1v) is 8.30. The fourth-order valence-electron chi connectivity index (χ4n) is 3.30. The minimum atomic E-state index is -0.831. The molecule has 0 bridgehead atoms. The molecule has 121 valence electrons. The van der Waals surface area contributed by atoms with Crippen LogP contribution in [0.3, 0.4) is 0 Å². The van der Waals surface area contributed by atoms with E-state index in [1.54, 1.807) is 18.2 Å². The third kappa shape index (κ3) is 2.79. The van der Waals surface area contributed by atoms with Gasteiger partial charge in [0.2, 0.25) is 0 Å². The van der Waals surface area contributed by atoms with Crippen LogP contribution in [0.1, 0.15) is 21.6 Å². The van der Waals surface area contributed by atoms with Gasteiger partial charge in [-0.25, -0.2) is 5.11 Å². The zero-order chi connectivity index (χ0) is 16.7. The van der Waals surface area contributed by atoms with Crippen LogP contribution in [-0.2, 0) is 17.9 Å². The van der Waals surface area contributed by atoms with E-state index >= 15 is 0 Å². The molecule has 24 heavy (non-hydrogen) atoms. The van der Waals surface area contributed by atoms with Crippen LogP contribution in [0.25, 0.3) is 10.9 Å². The Balaban J connectivity index is 1.55. The summed E-state index contributed by atoms with van der Waals surface area (Å²) in [5.74, 6) is -0.257. The molecule has 0 aliphatic heterocycles. The molecular weight excluding hydrogens is 324 g/mol. The Labute approximate surface area is 144 Å². The summed E-state index contributed by atoms with van der Waals surface area (Å²) in [5.41, 5.74) is 3.51. The van der Waals surface area contributed by atoms with Gasteiger partial charge in [0.1, 0.15) is 11.8 Å². The van der Waals surface area contributed by atoms with Gasteiger partial charge in [0.15, 0.2) is 0 Å². The number of carbonyl (C=O) groups is 1. The molecule has 0 fully saturated rings. The second-order valence-electron chi connectivity index (χ2n) is 6.21. The highest BCUT2D eigenvalue weighted by Gasteiger charge is 2.29. The molecular formula is C19H16ClN2O2. The quantitative estimate of drug-likeness (QED) is 0.737. The lowest BCUT2D eigenvalue weighted by Gasteiger charge is -2.28. The lowest BCUT2D eigenvalue weighted by atomic mass is 9.86. The number of H-pyrrole nitrogens is 1. The number of halogens is 1. The van der Waals surface area contributed by atoms with E-state index in [0.29, 0.717) is 23.6 Å². The number of rotatable bonds is 2. The van der Waals surface area contributed by atoms with Crippen molar-refractivity contribution >= 4 is 28.4 Å². The van der Waals surface area contributed by atoms with Crippen LogP contribution in [0.2, 0.25) is 5.02 Å². The predicted molar refractivity (Wildman–Crippen MR) is 92.9 cm³/mol. The summed E-state index contributed by atoms with van der Waals surface area (Å²) in [6, 6.07) is 14.7. The van der Waals surface area contributed by atoms with Crippen molar-refractivity contribution in [3.8, 4) is 0 Å². The Bertz CT molecular complexity index is 919. The summed E-state index contributed by atoms with van der Waals surface area (Å²) < 4.78 is 0. The SMILES string of the molecule is [O]C1Cc2ccccc2CC1NC(=O)c1cc2cc(Cl)ccc2[nH]1. The molecule has 2 unspecified atom stereocenters. The van der Waals surface area contributed by atoms with E-state index in [4.69, 9.17) is 11.6 Å². The average Bonchev–Trinajstić information content (AvgIpc) is 2.98. The number of aromatic amines is 1. The molecule has 2 atom stereocenters. The van der Waals surface area contributed by atoms with E-state index in [1.165, 1.54) is 0 Å². The molecule has 0 saturated carbocycles. The van der Waals surface area contributed by atoms with Crippen molar-refractivity contribution < 1.29 is 9.90 Å². The number of nitrogens with one attached hydrogen (secondary N) is 2. The van der Waals surface area contributed by atoms with Crippen LogP contribution in [0.15, 0.2) is 48.5 Å². The fraction of sp³-hybridized carbons (Fsp3) is 0.211. The van der Waals surface area contributed by atoms with Gasteiger partial charge in [-0.1, -0.05) is 35.9 Å². The Morgan fingerprint density at radius 3 is 2.62 bits per heavy atom. The predicted octanol–water partition coefficient (Wildman–Crippen LogP) is 3.52. The van der Waals surface area contributed by atoms with Crippen LogP contribution in [-0.4, -0.2) is 23.0 Å². The highest BCUT2D eigenvalue weighted by Crippen LogP contribution is 2.23. The average molecular weight is 340 g/mol. The maximum absolute atomic E-state index is 12.5. The van der Waals surface area contributed by atoms with Gasteiger partial charge in [0.25, 0.3) is 5.91 Å². The second kappa shape index (κ2) is 5.96. The first-order chi connectivity index (χ1) is 11.6. The van der Waals surface area contributed by atoms with E-state index in [0.717, 1.165) is 22.0 Å². The molecule has 1 heterocycles. The van der Waals surface area contributed by atoms with E-state index < -0.39 is 12.1 Å². The molecule has 0 spiro atoms. The van der Waals surface area contributed by atoms with Gasteiger partial charge in [-0.05, 0) is 41.8 Å². The minimum absolute atomic E-state index is 0.257. The van der Waals surface area contributed by atoms with Crippen molar-refractivity contribution in [3.05, 3.63) is 70.4 Å². The zero-order valence-electron chi connectivity index (χ0n) is 12.9. The standard InChI is InChI=1S/C19H16ClN2O2/c20-14-5-6-15-13(7-14)9-17(21-15)19(24)22-16-8-11-3-1-2-4-12(11)10-18(16)23/h1-7,9,16,18,21H,8,10H2,(H,22,24). The largest absolute Gasteiger partial charge is 0.351 e. The third-order valence-electron chi connectivity index (χ3n) is 4.57. The maximum Gasteiger partial charge on any atom is 0.268 e. The lowest BCUT2D eigenvalue weighted by molar-refractivity contribution is 0.0444. The molecule has 0 saturated heterocycles. The normalized spacial score (nSPS) is 19.9. The van der Waals surface area contributed by atoms with Crippen molar-refractivity contribution in [1.82, 2.24) is 10.3 Å². The van der Waals surface area contributed by atoms with Crippen molar-refractivity contribution in [3.63, 3.8) is 0 Å². The molecule has 4 nitrogen and oxygen atoms in total. The molecule has 3 aromatic rings. The smallest absolute Gasteiger partial charge is 0.268 e.